The zero-order chi connectivity index (χ0) is 20.3. The van der Waals surface area contributed by atoms with Gasteiger partial charge in [0.15, 0.2) is 11.5 Å². The van der Waals surface area contributed by atoms with Crippen molar-refractivity contribution in [2.45, 2.75) is 13.0 Å². The average Bonchev–Trinajstić information content (AvgIpc) is 3.06. The van der Waals surface area contributed by atoms with Crippen molar-refractivity contribution in [3.63, 3.8) is 0 Å². The van der Waals surface area contributed by atoms with Crippen LogP contribution in [0.3, 0.4) is 0 Å². The normalized spacial score (nSPS) is 13.1. The molecule has 3 aromatic carbocycles. The van der Waals surface area contributed by atoms with Gasteiger partial charge in [0.25, 0.3) is 5.91 Å². The predicted molar refractivity (Wildman–Crippen MR) is 115 cm³/mol. The van der Waals surface area contributed by atoms with E-state index in [0.717, 1.165) is 12.0 Å². The molecular weight excluding hydrogens is 378 g/mol. The standard InChI is InChI=1S/C24H21N3O3/c28-24(18-9-10-21-22(15-18)30-14-4-13-29-21)26-23-11-12-25-27(23)16-19-7-3-6-17-5-1-2-8-20(17)19/h1-3,5-12,15H,4,13-14,16H2,(H,26,28). The highest BCUT2D eigenvalue weighted by Gasteiger charge is 2.16. The SMILES string of the molecule is O=C(Nc1ccnn1Cc1cccc2ccccc12)c1ccc2c(c1)OCCCO2. The fourth-order valence-electron chi connectivity index (χ4n) is 3.65. The Balaban J connectivity index is 1.37. The molecular formula is C24H21N3O3. The highest BCUT2D eigenvalue weighted by Crippen LogP contribution is 2.30. The van der Waals surface area contributed by atoms with E-state index in [1.165, 1.54) is 10.8 Å². The van der Waals surface area contributed by atoms with E-state index in [4.69, 9.17) is 9.47 Å². The van der Waals surface area contributed by atoms with Gasteiger partial charge in [-0.05, 0) is 34.5 Å². The second kappa shape index (κ2) is 7.91. The van der Waals surface area contributed by atoms with Crippen LogP contribution in [0.5, 0.6) is 11.5 Å². The van der Waals surface area contributed by atoms with Crippen LogP contribution in [0.25, 0.3) is 10.8 Å². The second-order valence-electron chi connectivity index (χ2n) is 7.18. The number of nitrogens with one attached hydrogen (secondary N) is 1. The highest BCUT2D eigenvalue weighted by molar-refractivity contribution is 6.04. The quantitative estimate of drug-likeness (QED) is 0.549. The fourth-order valence-corrected chi connectivity index (χ4v) is 3.65. The first-order valence-electron chi connectivity index (χ1n) is 9.97. The highest BCUT2D eigenvalue weighted by atomic mass is 16.5. The molecule has 1 aliphatic heterocycles. The number of aromatic nitrogens is 2. The van der Waals surface area contributed by atoms with Crippen LogP contribution < -0.4 is 14.8 Å². The predicted octanol–water partition coefficient (Wildman–Crippen LogP) is 4.50. The summed E-state index contributed by atoms with van der Waals surface area (Å²) in [6, 6.07) is 21.5. The van der Waals surface area contributed by atoms with Gasteiger partial charge in [0.2, 0.25) is 0 Å². The number of nitrogens with zero attached hydrogens (tertiary/aromatic N) is 2. The molecule has 6 heteroatoms. The monoisotopic (exact) mass is 399 g/mol. The molecule has 0 spiro atoms. The van der Waals surface area contributed by atoms with Gasteiger partial charge in [0, 0.05) is 18.1 Å². The van der Waals surface area contributed by atoms with Gasteiger partial charge in [-0.15, -0.1) is 0 Å². The van der Waals surface area contributed by atoms with Crippen LogP contribution in [0, 0.1) is 0 Å². The molecule has 0 saturated heterocycles. The van der Waals surface area contributed by atoms with Crippen molar-refractivity contribution < 1.29 is 14.3 Å². The maximum Gasteiger partial charge on any atom is 0.256 e. The smallest absolute Gasteiger partial charge is 0.256 e. The average molecular weight is 399 g/mol. The Morgan fingerprint density at radius 2 is 1.80 bits per heavy atom. The number of amides is 1. The van der Waals surface area contributed by atoms with Crippen molar-refractivity contribution in [3.8, 4) is 11.5 Å². The molecule has 5 rings (SSSR count). The largest absolute Gasteiger partial charge is 0.490 e. The van der Waals surface area contributed by atoms with Crippen LogP contribution in [-0.2, 0) is 6.54 Å². The molecule has 1 aliphatic rings. The summed E-state index contributed by atoms with van der Waals surface area (Å²) >= 11 is 0. The van der Waals surface area contributed by atoms with Gasteiger partial charge >= 0.3 is 0 Å². The Morgan fingerprint density at radius 1 is 0.967 bits per heavy atom. The Bertz CT molecular complexity index is 1210. The first kappa shape index (κ1) is 18.2. The van der Waals surface area contributed by atoms with E-state index >= 15 is 0 Å². The van der Waals surface area contributed by atoms with E-state index in [2.05, 4.69) is 34.7 Å². The fraction of sp³-hybridized carbons (Fsp3) is 0.167. The summed E-state index contributed by atoms with van der Waals surface area (Å²) in [6.07, 6.45) is 2.51. The topological polar surface area (TPSA) is 65.4 Å². The maximum atomic E-state index is 12.9. The summed E-state index contributed by atoms with van der Waals surface area (Å²) in [6.45, 7) is 1.76. The molecule has 0 unspecified atom stereocenters. The van der Waals surface area contributed by atoms with Gasteiger partial charge in [0.1, 0.15) is 5.82 Å². The molecule has 6 nitrogen and oxygen atoms in total. The summed E-state index contributed by atoms with van der Waals surface area (Å²) in [5, 5.41) is 9.72. The molecule has 30 heavy (non-hydrogen) atoms. The number of rotatable bonds is 4. The third-order valence-electron chi connectivity index (χ3n) is 5.17. The third-order valence-corrected chi connectivity index (χ3v) is 5.17. The third kappa shape index (κ3) is 3.59. The Morgan fingerprint density at radius 3 is 2.73 bits per heavy atom. The lowest BCUT2D eigenvalue weighted by molar-refractivity contribution is 0.102. The van der Waals surface area contributed by atoms with E-state index in [1.54, 1.807) is 35.1 Å². The first-order valence-corrected chi connectivity index (χ1v) is 9.97. The van der Waals surface area contributed by atoms with Gasteiger partial charge in [0.05, 0.1) is 26.0 Å². The minimum Gasteiger partial charge on any atom is -0.490 e. The molecule has 4 aromatic rings. The van der Waals surface area contributed by atoms with E-state index in [1.807, 2.05) is 18.2 Å². The Kier molecular flexibility index (Phi) is 4.81. The molecule has 0 saturated carbocycles. The number of benzene rings is 3. The minimum absolute atomic E-state index is 0.217. The van der Waals surface area contributed by atoms with Crippen molar-refractivity contribution >= 4 is 22.5 Å². The van der Waals surface area contributed by atoms with Crippen LogP contribution in [0.1, 0.15) is 22.3 Å². The number of carbonyl (C=O) groups is 1. The van der Waals surface area contributed by atoms with Gasteiger partial charge in [-0.3, -0.25) is 4.79 Å². The Hall–Kier alpha value is -3.80. The number of carbonyl (C=O) groups excluding carboxylic acids is 1. The first-order chi connectivity index (χ1) is 14.8. The van der Waals surface area contributed by atoms with Crippen LogP contribution in [0.15, 0.2) is 72.9 Å². The maximum absolute atomic E-state index is 12.9. The zero-order valence-corrected chi connectivity index (χ0v) is 16.4. The molecule has 1 aromatic heterocycles. The van der Waals surface area contributed by atoms with Crippen LogP contribution in [0.4, 0.5) is 5.82 Å². The van der Waals surface area contributed by atoms with Gasteiger partial charge in [-0.2, -0.15) is 5.10 Å². The summed E-state index contributed by atoms with van der Waals surface area (Å²) in [5.41, 5.74) is 1.65. The number of fused-ring (bicyclic) bond motifs is 2. The van der Waals surface area contributed by atoms with Crippen LogP contribution >= 0.6 is 0 Å². The molecule has 0 radical (unpaired) electrons. The number of anilines is 1. The molecule has 0 aliphatic carbocycles. The lowest BCUT2D eigenvalue weighted by Crippen LogP contribution is -2.16. The summed E-state index contributed by atoms with van der Waals surface area (Å²) in [4.78, 5) is 12.9. The van der Waals surface area contributed by atoms with Gasteiger partial charge in [-0.25, -0.2) is 4.68 Å². The van der Waals surface area contributed by atoms with Crippen LogP contribution in [-0.4, -0.2) is 28.9 Å². The molecule has 2 heterocycles. The number of hydrogen-bond donors (Lipinski definition) is 1. The molecule has 0 atom stereocenters. The van der Waals surface area contributed by atoms with Crippen molar-refractivity contribution in [1.82, 2.24) is 9.78 Å². The van der Waals surface area contributed by atoms with Crippen molar-refractivity contribution in [2.75, 3.05) is 18.5 Å². The van der Waals surface area contributed by atoms with E-state index in [9.17, 15) is 4.79 Å². The van der Waals surface area contributed by atoms with Crippen LogP contribution in [0.2, 0.25) is 0 Å². The molecule has 1 amide bonds. The summed E-state index contributed by atoms with van der Waals surface area (Å²) in [5.74, 6) is 1.69. The van der Waals surface area contributed by atoms with Crippen molar-refractivity contribution in [3.05, 3.63) is 84.1 Å². The summed E-state index contributed by atoms with van der Waals surface area (Å²) < 4.78 is 13.1. The molecule has 1 N–H and O–H groups in total. The van der Waals surface area contributed by atoms with Gasteiger partial charge < -0.3 is 14.8 Å². The lowest BCUT2D eigenvalue weighted by Gasteiger charge is -2.12. The number of ether oxygens (including phenoxy) is 2. The molecule has 0 fully saturated rings. The number of hydrogen-bond acceptors (Lipinski definition) is 4. The molecule has 0 bridgehead atoms. The van der Waals surface area contributed by atoms with Crippen molar-refractivity contribution in [1.29, 1.82) is 0 Å². The van der Waals surface area contributed by atoms with Crippen molar-refractivity contribution in [2.24, 2.45) is 0 Å². The minimum atomic E-state index is -0.217. The Labute approximate surface area is 174 Å². The van der Waals surface area contributed by atoms with E-state index in [0.29, 0.717) is 42.6 Å². The zero-order valence-electron chi connectivity index (χ0n) is 16.4. The lowest BCUT2D eigenvalue weighted by atomic mass is 10.0. The molecule has 150 valence electrons. The van der Waals surface area contributed by atoms with E-state index in [-0.39, 0.29) is 5.91 Å². The second-order valence-corrected chi connectivity index (χ2v) is 7.18. The summed E-state index contributed by atoms with van der Waals surface area (Å²) in [7, 11) is 0. The van der Waals surface area contributed by atoms with Gasteiger partial charge in [-0.1, -0.05) is 42.5 Å². The van der Waals surface area contributed by atoms with E-state index < -0.39 is 0 Å².